The van der Waals surface area contributed by atoms with Crippen molar-refractivity contribution in [2.45, 2.75) is 18.8 Å². The Bertz CT molecular complexity index is 1100. The van der Waals surface area contributed by atoms with Gasteiger partial charge in [0.25, 0.3) is 0 Å². The van der Waals surface area contributed by atoms with E-state index in [4.69, 9.17) is 10.00 Å². The Labute approximate surface area is 189 Å². The molecule has 172 valence electrons. The number of aromatic amines is 1. The van der Waals surface area contributed by atoms with Gasteiger partial charge in [0, 0.05) is 45.0 Å². The highest BCUT2D eigenvalue weighted by Crippen LogP contribution is 2.30. The first-order valence-electron chi connectivity index (χ1n) is 10.4. The summed E-state index contributed by atoms with van der Waals surface area (Å²) in [5.74, 6) is 0.506. The third kappa shape index (κ3) is 5.16. The van der Waals surface area contributed by atoms with Gasteiger partial charge < -0.3 is 9.64 Å². The van der Waals surface area contributed by atoms with Crippen LogP contribution in [0.25, 0.3) is 11.3 Å². The molecule has 1 atom stereocenters. The number of rotatable bonds is 6. The SMILES string of the molecule is COCC1CN(Cc2cn[nH]c2-c2ccc(C#N)cc2)CCN1c1ccc(C(F)(F)F)cn1. The molecule has 1 aromatic carbocycles. The van der Waals surface area contributed by atoms with Crippen LogP contribution in [0.2, 0.25) is 0 Å². The number of anilines is 1. The Hall–Kier alpha value is -3.42. The third-order valence-corrected chi connectivity index (χ3v) is 5.71. The maximum Gasteiger partial charge on any atom is 0.417 e. The largest absolute Gasteiger partial charge is 0.417 e. The smallest absolute Gasteiger partial charge is 0.383 e. The minimum atomic E-state index is -4.41. The number of benzene rings is 1. The molecule has 4 rings (SSSR count). The molecule has 3 aromatic rings. The maximum atomic E-state index is 12.9. The molecule has 1 N–H and O–H groups in total. The quantitative estimate of drug-likeness (QED) is 0.609. The summed E-state index contributed by atoms with van der Waals surface area (Å²) in [6, 6.07) is 11.8. The molecule has 0 saturated carbocycles. The van der Waals surface area contributed by atoms with Crippen molar-refractivity contribution in [2.75, 3.05) is 38.3 Å². The van der Waals surface area contributed by atoms with Crippen LogP contribution in [0.1, 0.15) is 16.7 Å². The molecule has 1 saturated heterocycles. The summed E-state index contributed by atoms with van der Waals surface area (Å²) in [6.07, 6.45) is -1.74. The van der Waals surface area contributed by atoms with E-state index in [0.29, 0.717) is 44.2 Å². The number of alkyl halides is 3. The van der Waals surface area contributed by atoms with Crippen LogP contribution in [-0.2, 0) is 17.5 Å². The molecule has 1 fully saturated rings. The number of methoxy groups -OCH3 is 1. The fourth-order valence-electron chi connectivity index (χ4n) is 4.06. The summed E-state index contributed by atoms with van der Waals surface area (Å²) in [4.78, 5) is 8.33. The zero-order chi connectivity index (χ0) is 23.4. The lowest BCUT2D eigenvalue weighted by atomic mass is 10.1. The molecule has 2 aromatic heterocycles. The number of piperazine rings is 1. The van der Waals surface area contributed by atoms with Crippen LogP contribution in [0.3, 0.4) is 0 Å². The fourth-order valence-corrected chi connectivity index (χ4v) is 4.06. The van der Waals surface area contributed by atoms with Crippen LogP contribution >= 0.6 is 0 Å². The van der Waals surface area contributed by atoms with Gasteiger partial charge in [0.05, 0.1) is 41.7 Å². The van der Waals surface area contributed by atoms with E-state index in [0.717, 1.165) is 29.1 Å². The van der Waals surface area contributed by atoms with E-state index in [9.17, 15) is 13.2 Å². The fraction of sp³-hybridized carbons (Fsp3) is 0.348. The van der Waals surface area contributed by atoms with Gasteiger partial charge >= 0.3 is 6.18 Å². The predicted molar refractivity (Wildman–Crippen MR) is 116 cm³/mol. The highest BCUT2D eigenvalue weighted by molar-refractivity contribution is 5.63. The topological polar surface area (TPSA) is 81.1 Å². The van der Waals surface area contributed by atoms with Crippen LogP contribution in [-0.4, -0.2) is 59.5 Å². The van der Waals surface area contributed by atoms with E-state index < -0.39 is 11.7 Å². The Kier molecular flexibility index (Phi) is 6.62. The molecule has 33 heavy (non-hydrogen) atoms. The summed E-state index contributed by atoms with van der Waals surface area (Å²) in [6.45, 7) is 3.05. The molecule has 3 heterocycles. The van der Waals surface area contributed by atoms with Gasteiger partial charge in [-0.2, -0.15) is 23.5 Å². The number of hydrogen-bond acceptors (Lipinski definition) is 6. The summed E-state index contributed by atoms with van der Waals surface area (Å²) in [7, 11) is 1.61. The van der Waals surface area contributed by atoms with Gasteiger partial charge in [0.1, 0.15) is 5.82 Å². The first-order valence-corrected chi connectivity index (χ1v) is 10.4. The van der Waals surface area contributed by atoms with Gasteiger partial charge in [0.15, 0.2) is 0 Å². The Morgan fingerprint density at radius 2 is 1.94 bits per heavy atom. The third-order valence-electron chi connectivity index (χ3n) is 5.71. The number of aromatic nitrogens is 3. The molecule has 1 aliphatic heterocycles. The monoisotopic (exact) mass is 456 g/mol. The molecular formula is C23H23F3N6O. The zero-order valence-corrected chi connectivity index (χ0v) is 18.0. The number of nitriles is 1. The molecule has 0 amide bonds. The molecule has 0 spiro atoms. The number of H-pyrrole nitrogens is 1. The van der Waals surface area contributed by atoms with E-state index in [1.165, 1.54) is 6.07 Å². The summed E-state index contributed by atoms with van der Waals surface area (Å²) < 4.78 is 44.0. The van der Waals surface area contributed by atoms with E-state index >= 15 is 0 Å². The van der Waals surface area contributed by atoms with Crippen LogP contribution < -0.4 is 4.90 Å². The van der Waals surface area contributed by atoms with Crippen molar-refractivity contribution in [3.63, 3.8) is 0 Å². The highest BCUT2D eigenvalue weighted by atomic mass is 19.4. The van der Waals surface area contributed by atoms with Crippen molar-refractivity contribution in [2.24, 2.45) is 0 Å². The lowest BCUT2D eigenvalue weighted by molar-refractivity contribution is -0.137. The van der Waals surface area contributed by atoms with Crippen molar-refractivity contribution in [3.8, 4) is 17.3 Å². The van der Waals surface area contributed by atoms with Gasteiger partial charge in [-0.1, -0.05) is 12.1 Å². The second kappa shape index (κ2) is 9.60. The van der Waals surface area contributed by atoms with Crippen LogP contribution in [0.4, 0.5) is 19.0 Å². The van der Waals surface area contributed by atoms with Crippen molar-refractivity contribution in [3.05, 3.63) is 65.5 Å². The van der Waals surface area contributed by atoms with Crippen molar-refractivity contribution >= 4 is 5.82 Å². The van der Waals surface area contributed by atoms with Crippen molar-refractivity contribution < 1.29 is 17.9 Å². The normalized spacial score (nSPS) is 17.2. The first-order chi connectivity index (χ1) is 15.9. The first kappa shape index (κ1) is 22.8. The van der Waals surface area contributed by atoms with E-state index in [-0.39, 0.29) is 6.04 Å². The van der Waals surface area contributed by atoms with Gasteiger partial charge in [-0.05, 0) is 29.8 Å². The Balaban J connectivity index is 1.47. The number of halogens is 3. The van der Waals surface area contributed by atoms with Crippen LogP contribution in [0.5, 0.6) is 0 Å². The second-order valence-corrected chi connectivity index (χ2v) is 7.90. The molecule has 7 nitrogen and oxygen atoms in total. The van der Waals surface area contributed by atoms with Crippen molar-refractivity contribution in [1.82, 2.24) is 20.1 Å². The molecule has 1 aliphatic rings. The molecule has 0 radical (unpaired) electrons. The maximum absolute atomic E-state index is 12.9. The van der Waals surface area contributed by atoms with Gasteiger partial charge in [0.2, 0.25) is 0 Å². The molecule has 10 heteroatoms. The number of nitrogens with one attached hydrogen (secondary N) is 1. The van der Waals surface area contributed by atoms with Gasteiger partial charge in [-0.25, -0.2) is 4.98 Å². The summed E-state index contributed by atoms with van der Waals surface area (Å²) >= 11 is 0. The number of pyridine rings is 1. The van der Waals surface area contributed by atoms with Crippen LogP contribution in [0.15, 0.2) is 48.8 Å². The zero-order valence-electron chi connectivity index (χ0n) is 18.0. The highest BCUT2D eigenvalue weighted by Gasteiger charge is 2.32. The van der Waals surface area contributed by atoms with Crippen molar-refractivity contribution in [1.29, 1.82) is 5.26 Å². The second-order valence-electron chi connectivity index (χ2n) is 7.90. The van der Waals surface area contributed by atoms with E-state index in [1.807, 2.05) is 17.0 Å². The standard InChI is InChI=1S/C23H23F3N6O/c1-33-15-20-14-31(8-9-32(20)21-7-6-19(12-28-21)23(24,25)26)13-18-11-29-30-22(18)17-4-2-16(10-27)3-5-17/h2-7,11-12,20H,8-9,13-15H2,1H3,(H,29,30). The molecule has 0 aliphatic carbocycles. The number of ether oxygens (including phenoxy) is 1. The Morgan fingerprint density at radius 1 is 1.15 bits per heavy atom. The van der Waals surface area contributed by atoms with Gasteiger partial charge in [-0.15, -0.1) is 0 Å². The Morgan fingerprint density at radius 3 is 2.58 bits per heavy atom. The minimum Gasteiger partial charge on any atom is -0.383 e. The number of nitrogens with zero attached hydrogens (tertiary/aromatic N) is 5. The summed E-state index contributed by atoms with van der Waals surface area (Å²) in [5.41, 5.74) is 2.70. The van der Waals surface area contributed by atoms with Crippen LogP contribution in [0, 0.1) is 11.3 Å². The average molecular weight is 456 g/mol. The van der Waals surface area contributed by atoms with E-state index in [1.54, 1.807) is 25.4 Å². The lowest BCUT2D eigenvalue weighted by Gasteiger charge is -2.42. The predicted octanol–water partition coefficient (Wildman–Crippen LogP) is 3.70. The average Bonchev–Trinajstić information content (AvgIpc) is 3.27. The molecule has 0 bridgehead atoms. The minimum absolute atomic E-state index is 0.0572. The summed E-state index contributed by atoms with van der Waals surface area (Å²) in [5, 5.41) is 16.2. The van der Waals surface area contributed by atoms with E-state index in [2.05, 4.69) is 26.2 Å². The molecular weight excluding hydrogens is 433 g/mol. The number of hydrogen-bond donors (Lipinski definition) is 1. The van der Waals surface area contributed by atoms with Gasteiger partial charge in [-0.3, -0.25) is 10.00 Å². The lowest BCUT2D eigenvalue weighted by Crippen LogP contribution is -2.55. The molecule has 1 unspecified atom stereocenters.